The molecule has 17 heavy (non-hydrogen) atoms. The van der Waals surface area contributed by atoms with Crippen molar-refractivity contribution in [2.75, 3.05) is 7.11 Å². The average Bonchev–Trinajstić information content (AvgIpc) is 2.26. The Morgan fingerprint density at radius 3 is 2.41 bits per heavy atom. The van der Waals surface area contributed by atoms with Gasteiger partial charge >= 0.3 is 0 Å². The Labute approximate surface area is 103 Å². The quantitative estimate of drug-likeness (QED) is 0.875. The first-order chi connectivity index (χ1) is 7.85. The summed E-state index contributed by atoms with van der Waals surface area (Å²) in [7, 11) is 1.62. The second-order valence-corrected chi connectivity index (χ2v) is 4.83. The van der Waals surface area contributed by atoms with Gasteiger partial charge in [0.1, 0.15) is 5.82 Å². The third-order valence-corrected chi connectivity index (χ3v) is 3.62. The van der Waals surface area contributed by atoms with Gasteiger partial charge in [0.05, 0.1) is 11.6 Å². The predicted molar refractivity (Wildman–Crippen MR) is 68.5 cm³/mol. The molecule has 0 spiro atoms. The summed E-state index contributed by atoms with van der Waals surface area (Å²) in [5, 5.41) is 0. The molecule has 0 fully saturated rings. The van der Waals surface area contributed by atoms with E-state index >= 15 is 0 Å². The number of aryl methyl sites for hydroxylation is 2. The molecule has 0 aliphatic carbocycles. The summed E-state index contributed by atoms with van der Waals surface area (Å²) in [6.07, 6.45) is 0.734. The van der Waals surface area contributed by atoms with Gasteiger partial charge in [0.2, 0.25) is 0 Å². The van der Waals surface area contributed by atoms with E-state index in [9.17, 15) is 4.39 Å². The average molecular weight is 239 g/mol. The van der Waals surface area contributed by atoms with Crippen molar-refractivity contribution in [2.45, 2.75) is 45.8 Å². The van der Waals surface area contributed by atoms with E-state index in [1.54, 1.807) is 7.11 Å². The lowest BCUT2D eigenvalue weighted by Gasteiger charge is -2.34. The molecule has 1 aromatic carbocycles. The van der Waals surface area contributed by atoms with Crippen LogP contribution in [0.15, 0.2) is 12.1 Å². The molecule has 0 aromatic heterocycles. The maximum Gasteiger partial charge on any atom is 0.128 e. The molecule has 2 unspecified atom stereocenters. The van der Waals surface area contributed by atoms with Crippen molar-refractivity contribution in [1.29, 1.82) is 0 Å². The number of benzene rings is 1. The zero-order chi connectivity index (χ0) is 13.2. The van der Waals surface area contributed by atoms with Gasteiger partial charge in [0, 0.05) is 12.7 Å². The van der Waals surface area contributed by atoms with Gasteiger partial charge in [-0.15, -0.1) is 0 Å². The summed E-state index contributed by atoms with van der Waals surface area (Å²) in [5.74, 6) is -0.244. The number of hydrogen-bond acceptors (Lipinski definition) is 2. The molecule has 2 atom stereocenters. The monoisotopic (exact) mass is 239 g/mol. The first-order valence-electron chi connectivity index (χ1n) is 5.93. The molecule has 0 bridgehead atoms. The Balaban J connectivity index is 3.25. The first-order valence-corrected chi connectivity index (χ1v) is 5.93. The largest absolute Gasteiger partial charge is 0.377 e. The number of nitrogens with two attached hydrogens (primary N) is 1. The van der Waals surface area contributed by atoms with Crippen LogP contribution >= 0.6 is 0 Å². The van der Waals surface area contributed by atoms with Gasteiger partial charge in [-0.3, -0.25) is 0 Å². The van der Waals surface area contributed by atoms with Crippen molar-refractivity contribution in [3.63, 3.8) is 0 Å². The van der Waals surface area contributed by atoms with E-state index < -0.39 is 11.6 Å². The number of hydrogen-bond donors (Lipinski definition) is 1. The van der Waals surface area contributed by atoms with E-state index in [1.807, 2.05) is 33.8 Å². The minimum Gasteiger partial charge on any atom is -0.377 e. The molecule has 96 valence electrons. The lowest BCUT2D eigenvalue weighted by atomic mass is 9.85. The van der Waals surface area contributed by atoms with E-state index in [1.165, 1.54) is 6.07 Å². The fourth-order valence-corrected chi connectivity index (χ4v) is 2.12. The standard InChI is InChI=1S/C14H22FNO/c1-6-14(4,17-5)13(16)12-10(3)7-9(2)8-11(12)15/h7-8,13H,6,16H2,1-5H3. The maximum atomic E-state index is 14.0. The van der Waals surface area contributed by atoms with Crippen molar-refractivity contribution < 1.29 is 9.13 Å². The van der Waals surface area contributed by atoms with Crippen molar-refractivity contribution in [2.24, 2.45) is 5.73 Å². The van der Waals surface area contributed by atoms with E-state index in [0.717, 1.165) is 17.5 Å². The highest BCUT2D eigenvalue weighted by Gasteiger charge is 2.33. The summed E-state index contributed by atoms with van der Waals surface area (Å²) in [4.78, 5) is 0. The molecule has 1 aromatic rings. The third kappa shape index (κ3) is 2.67. The summed E-state index contributed by atoms with van der Waals surface area (Å²) >= 11 is 0. The smallest absolute Gasteiger partial charge is 0.128 e. The normalized spacial score (nSPS) is 16.6. The van der Waals surface area contributed by atoms with Crippen LogP contribution in [0.3, 0.4) is 0 Å². The van der Waals surface area contributed by atoms with Gasteiger partial charge in [0.15, 0.2) is 0 Å². The molecule has 0 saturated heterocycles. The number of ether oxygens (including phenoxy) is 1. The Morgan fingerprint density at radius 1 is 1.41 bits per heavy atom. The fourth-order valence-electron chi connectivity index (χ4n) is 2.12. The van der Waals surface area contributed by atoms with Gasteiger partial charge in [-0.1, -0.05) is 13.0 Å². The molecule has 0 saturated carbocycles. The summed E-state index contributed by atoms with van der Waals surface area (Å²) in [6, 6.07) is 3.01. The molecule has 0 heterocycles. The first kappa shape index (κ1) is 14.1. The van der Waals surface area contributed by atoms with Gasteiger partial charge in [0.25, 0.3) is 0 Å². The highest BCUT2D eigenvalue weighted by Crippen LogP contribution is 2.33. The predicted octanol–water partition coefficient (Wildman–Crippen LogP) is 3.26. The Bertz CT molecular complexity index is 376. The zero-order valence-electron chi connectivity index (χ0n) is 11.3. The van der Waals surface area contributed by atoms with Crippen LogP contribution < -0.4 is 5.73 Å². The van der Waals surface area contributed by atoms with Crippen LogP contribution in [0.5, 0.6) is 0 Å². The Hall–Kier alpha value is -0.930. The Morgan fingerprint density at radius 2 is 2.00 bits per heavy atom. The van der Waals surface area contributed by atoms with E-state index in [2.05, 4.69) is 0 Å². The minimum absolute atomic E-state index is 0.244. The maximum absolute atomic E-state index is 14.0. The minimum atomic E-state index is -0.541. The summed E-state index contributed by atoms with van der Waals surface area (Å²) in [6.45, 7) is 7.67. The Kier molecular flexibility index (Phi) is 4.28. The summed E-state index contributed by atoms with van der Waals surface area (Å²) < 4.78 is 19.5. The SMILES string of the molecule is CCC(C)(OC)C(N)c1c(C)cc(C)cc1F. The highest BCUT2D eigenvalue weighted by molar-refractivity contribution is 5.35. The van der Waals surface area contributed by atoms with Crippen LogP contribution in [0, 0.1) is 19.7 Å². The molecule has 0 amide bonds. The van der Waals surface area contributed by atoms with E-state index in [-0.39, 0.29) is 5.82 Å². The van der Waals surface area contributed by atoms with Gasteiger partial charge in [-0.25, -0.2) is 4.39 Å². The summed E-state index contributed by atoms with van der Waals surface area (Å²) in [5.41, 5.74) is 7.99. The van der Waals surface area contributed by atoms with Crippen molar-refractivity contribution in [3.05, 3.63) is 34.6 Å². The molecule has 1 rings (SSSR count). The molecule has 2 nitrogen and oxygen atoms in total. The second kappa shape index (κ2) is 5.15. The lowest BCUT2D eigenvalue weighted by Crippen LogP contribution is -2.40. The van der Waals surface area contributed by atoms with Crippen molar-refractivity contribution in [1.82, 2.24) is 0 Å². The van der Waals surface area contributed by atoms with Crippen LogP contribution in [0.1, 0.15) is 43.0 Å². The third-order valence-electron chi connectivity index (χ3n) is 3.62. The van der Waals surface area contributed by atoms with Gasteiger partial charge in [-0.2, -0.15) is 0 Å². The van der Waals surface area contributed by atoms with Gasteiger partial charge < -0.3 is 10.5 Å². The van der Waals surface area contributed by atoms with Crippen molar-refractivity contribution >= 4 is 0 Å². The van der Waals surface area contributed by atoms with Crippen LogP contribution in [0.2, 0.25) is 0 Å². The van der Waals surface area contributed by atoms with Crippen LogP contribution in [0.4, 0.5) is 4.39 Å². The molecule has 3 heteroatoms. The van der Waals surface area contributed by atoms with Crippen LogP contribution in [-0.2, 0) is 4.74 Å². The lowest BCUT2D eigenvalue weighted by molar-refractivity contribution is -0.0204. The number of rotatable bonds is 4. The molecule has 0 radical (unpaired) electrons. The van der Waals surface area contributed by atoms with E-state index in [0.29, 0.717) is 5.56 Å². The molecular weight excluding hydrogens is 217 g/mol. The topological polar surface area (TPSA) is 35.2 Å². The fraction of sp³-hybridized carbons (Fsp3) is 0.571. The highest BCUT2D eigenvalue weighted by atomic mass is 19.1. The molecule has 0 aliphatic rings. The second-order valence-electron chi connectivity index (χ2n) is 4.83. The van der Waals surface area contributed by atoms with Gasteiger partial charge in [-0.05, 0) is 44.4 Å². The van der Waals surface area contributed by atoms with Crippen LogP contribution in [0.25, 0.3) is 0 Å². The number of methoxy groups -OCH3 is 1. The van der Waals surface area contributed by atoms with Crippen molar-refractivity contribution in [3.8, 4) is 0 Å². The molecule has 2 N–H and O–H groups in total. The molecular formula is C14H22FNO. The van der Waals surface area contributed by atoms with Crippen LogP contribution in [-0.4, -0.2) is 12.7 Å². The molecule has 0 aliphatic heterocycles. The van der Waals surface area contributed by atoms with E-state index in [4.69, 9.17) is 10.5 Å². The number of halogens is 1. The zero-order valence-corrected chi connectivity index (χ0v) is 11.3.